The number of carbonyl (C=O) groups is 1. The van der Waals surface area contributed by atoms with E-state index >= 15 is 0 Å². The molecule has 0 spiro atoms. The predicted molar refractivity (Wildman–Crippen MR) is 149 cm³/mol. The van der Waals surface area contributed by atoms with E-state index in [0.29, 0.717) is 40.0 Å². The summed E-state index contributed by atoms with van der Waals surface area (Å²) in [5.41, 5.74) is 2.26. The number of benzene rings is 4. The number of thioether (sulfide) groups is 1. The van der Waals surface area contributed by atoms with Gasteiger partial charge in [0.05, 0.1) is 11.3 Å². The molecule has 208 valence electrons. The van der Waals surface area contributed by atoms with Crippen molar-refractivity contribution in [2.75, 3.05) is 0 Å². The molecule has 5 aromatic rings. The first-order valence-corrected chi connectivity index (χ1v) is 13.7. The molecular formula is C31H24F4N4OS. The summed E-state index contributed by atoms with van der Waals surface area (Å²) >= 11 is 1.39. The van der Waals surface area contributed by atoms with Crippen LogP contribution in [0.25, 0.3) is 5.69 Å². The Balaban J connectivity index is 1.26. The number of alkyl halides is 3. The molecule has 0 bridgehead atoms. The molecule has 0 atom stereocenters. The highest BCUT2D eigenvalue weighted by molar-refractivity contribution is 7.98. The van der Waals surface area contributed by atoms with Crippen LogP contribution in [0.15, 0.2) is 108 Å². The Morgan fingerprint density at radius 3 is 2.24 bits per heavy atom. The van der Waals surface area contributed by atoms with Crippen molar-refractivity contribution in [2.24, 2.45) is 0 Å². The monoisotopic (exact) mass is 576 g/mol. The fourth-order valence-corrected chi connectivity index (χ4v) is 5.12. The zero-order chi connectivity index (χ0) is 28.8. The molecule has 41 heavy (non-hydrogen) atoms. The fourth-order valence-electron chi connectivity index (χ4n) is 4.20. The van der Waals surface area contributed by atoms with Crippen molar-refractivity contribution in [2.45, 2.75) is 30.1 Å². The van der Waals surface area contributed by atoms with E-state index in [2.05, 4.69) is 15.5 Å². The number of hydrogen-bond acceptors (Lipinski definition) is 4. The van der Waals surface area contributed by atoms with Crippen LogP contribution in [0.1, 0.15) is 38.4 Å². The van der Waals surface area contributed by atoms with Crippen molar-refractivity contribution < 1.29 is 22.4 Å². The Bertz CT molecular complexity index is 1640. The Morgan fingerprint density at radius 2 is 1.51 bits per heavy atom. The van der Waals surface area contributed by atoms with E-state index in [9.17, 15) is 22.4 Å². The van der Waals surface area contributed by atoms with Crippen molar-refractivity contribution in [3.63, 3.8) is 0 Å². The molecule has 0 radical (unpaired) electrons. The fraction of sp³-hybridized carbons (Fsp3) is 0.129. The van der Waals surface area contributed by atoms with Gasteiger partial charge < -0.3 is 5.32 Å². The Hall–Kier alpha value is -4.44. The molecule has 0 aliphatic rings. The first-order chi connectivity index (χ1) is 19.8. The standard InChI is InChI=1S/C31H24F4N4OS/c32-26-11-4-5-12-27(26)39-28(18-21-7-2-1-3-8-21)37-38-30(39)41-20-22-13-15-24(16-14-22)29(40)36-19-23-9-6-10-25(17-23)31(33,34)35/h1-17H,18-20H2,(H,36,40). The lowest BCUT2D eigenvalue weighted by atomic mass is 10.1. The van der Waals surface area contributed by atoms with Crippen molar-refractivity contribution in [3.05, 3.63) is 143 Å². The predicted octanol–water partition coefficient (Wildman–Crippen LogP) is 7.24. The van der Waals surface area contributed by atoms with Crippen LogP contribution in [-0.2, 0) is 24.9 Å². The second-order valence-electron chi connectivity index (χ2n) is 9.21. The molecule has 0 aliphatic carbocycles. The van der Waals surface area contributed by atoms with Gasteiger partial charge in [0.15, 0.2) is 5.16 Å². The smallest absolute Gasteiger partial charge is 0.348 e. The lowest BCUT2D eigenvalue weighted by Gasteiger charge is -2.12. The summed E-state index contributed by atoms with van der Waals surface area (Å²) in [6.45, 7) is -0.0304. The summed E-state index contributed by atoms with van der Waals surface area (Å²) in [7, 11) is 0. The SMILES string of the molecule is O=C(NCc1cccc(C(F)(F)F)c1)c1ccc(CSc2nnc(Cc3ccccc3)n2-c2ccccc2F)cc1. The third kappa shape index (κ3) is 7.01. The number of rotatable bonds is 9. The minimum atomic E-state index is -4.44. The van der Waals surface area contributed by atoms with Gasteiger partial charge in [0.2, 0.25) is 0 Å². The number of para-hydroxylation sites is 1. The Morgan fingerprint density at radius 1 is 0.805 bits per heavy atom. The van der Waals surface area contributed by atoms with Crippen LogP contribution in [0, 0.1) is 5.82 Å². The van der Waals surface area contributed by atoms with Crippen LogP contribution in [0.5, 0.6) is 0 Å². The molecule has 1 aromatic heterocycles. The summed E-state index contributed by atoms with van der Waals surface area (Å²) in [5, 5.41) is 11.9. The maximum absolute atomic E-state index is 14.8. The molecular weight excluding hydrogens is 552 g/mol. The Kier molecular flexibility index (Phi) is 8.49. The van der Waals surface area contributed by atoms with Crippen LogP contribution in [0.2, 0.25) is 0 Å². The maximum Gasteiger partial charge on any atom is 0.416 e. The van der Waals surface area contributed by atoms with E-state index in [4.69, 9.17) is 0 Å². The molecule has 0 saturated heterocycles. The van der Waals surface area contributed by atoms with Gasteiger partial charge in [-0.2, -0.15) is 13.2 Å². The van der Waals surface area contributed by atoms with Gasteiger partial charge in [0.1, 0.15) is 11.6 Å². The van der Waals surface area contributed by atoms with E-state index in [1.54, 1.807) is 47.0 Å². The number of hydrogen-bond donors (Lipinski definition) is 1. The van der Waals surface area contributed by atoms with Crippen LogP contribution >= 0.6 is 11.8 Å². The maximum atomic E-state index is 14.8. The minimum absolute atomic E-state index is 0.0304. The summed E-state index contributed by atoms with van der Waals surface area (Å²) < 4.78 is 55.4. The van der Waals surface area contributed by atoms with Crippen molar-refractivity contribution in [1.29, 1.82) is 0 Å². The normalized spacial score (nSPS) is 11.4. The highest BCUT2D eigenvalue weighted by Gasteiger charge is 2.30. The molecule has 1 N–H and O–H groups in total. The van der Waals surface area contributed by atoms with Gasteiger partial charge in [-0.15, -0.1) is 10.2 Å². The van der Waals surface area contributed by atoms with E-state index < -0.39 is 17.6 Å². The van der Waals surface area contributed by atoms with Crippen molar-refractivity contribution in [3.8, 4) is 5.69 Å². The average molecular weight is 577 g/mol. The summed E-state index contributed by atoms with van der Waals surface area (Å²) in [6, 6.07) is 28.0. The number of aromatic nitrogens is 3. The molecule has 4 aromatic carbocycles. The van der Waals surface area contributed by atoms with Crippen LogP contribution in [0.3, 0.4) is 0 Å². The van der Waals surface area contributed by atoms with Crippen LogP contribution < -0.4 is 5.32 Å². The van der Waals surface area contributed by atoms with Crippen LogP contribution in [-0.4, -0.2) is 20.7 Å². The van der Waals surface area contributed by atoms with Gasteiger partial charge >= 0.3 is 6.18 Å². The number of nitrogens with zero attached hydrogens (tertiary/aromatic N) is 3. The molecule has 5 rings (SSSR count). The van der Waals surface area contributed by atoms with Gasteiger partial charge in [0, 0.05) is 24.3 Å². The lowest BCUT2D eigenvalue weighted by Crippen LogP contribution is -2.23. The third-order valence-corrected chi connectivity index (χ3v) is 7.29. The second kappa shape index (κ2) is 12.4. The molecule has 5 nitrogen and oxygen atoms in total. The number of amides is 1. The van der Waals surface area contributed by atoms with Crippen molar-refractivity contribution in [1.82, 2.24) is 20.1 Å². The molecule has 0 unspecified atom stereocenters. The minimum Gasteiger partial charge on any atom is -0.348 e. The van der Waals surface area contributed by atoms with E-state index in [1.165, 1.54) is 30.0 Å². The van der Waals surface area contributed by atoms with Gasteiger partial charge in [0.25, 0.3) is 5.91 Å². The molecule has 0 aliphatic heterocycles. The van der Waals surface area contributed by atoms with Gasteiger partial charge in [-0.3, -0.25) is 9.36 Å². The van der Waals surface area contributed by atoms with Crippen molar-refractivity contribution >= 4 is 17.7 Å². The third-order valence-electron chi connectivity index (χ3n) is 6.29. The second-order valence-corrected chi connectivity index (χ2v) is 10.2. The highest BCUT2D eigenvalue weighted by Crippen LogP contribution is 2.30. The molecule has 10 heteroatoms. The van der Waals surface area contributed by atoms with Gasteiger partial charge in [-0.25, -0.2) is 4.39 Å². The Labute approximate surface area is 238 Å². The quantitative estimate of drug-likeness (QED) is 0.149. The molecule has 0 saturated carbocycles. The highest BCUT2D eigenvalue weighted by atomic mass is 32.2. The number of carbonyl (C=O) groups excluding carboxylic acids is 1. The topological polar surface area (TPSA) is 59.8 Å². The molecule has 0 fully saturated rings. The number of nitrogens with one attached hydrogen (secondary N) is 1. The van der Waals surface area contributed by atoms with Crippen LogP contribution in [0.4, 0.5) is 17.6 Å². The first kappa shape index (κ1) is 28.1. The zero-order valence-corrected chi connectivity index (χ0v) is 22.4. The van der Waals surface area contributed by atoms with E-state index in [0.717, 1.165) is 23.3 Å². The molecule has 1 heterocycles. The van der Waals surface area contributed by atoms with E-state index in [1.807, 2.05) is 30.3 Å². The lowest BCUT2D eigenvalue weighted by molar-refractivity contribution is -0.137. The summed E-state index contributed by atoms with van der Waals surface area (Å²) in [5.74, 6) is 0.316. The van der Waals surface area contributed by atoms with Gasteiger partial charge in [-0.05, 0) is 53.1 Å². The summed E-state index contributed by atoms with van der Waals surface area (Å²) in [6.07, 6.45) is -3.97. The average Bonchev–Trinajstić information content (AvgIpc) is 3.37. The summed E-state index contributed by atoms with van der Waals surface area (Å²) in [4.78, 5) is 12.6. The molecule has 1 amide bonds. The van der Waals surface area contributed by atoms with Gasteiger partial charge in [-0.1, -0.05) is 78.5 Å². The zero-order valence-electron chi connectivity index (χ0n) is 21.6. The number of halogens is 4. The largest absolute Gasteiger partial charge is 0.416 e. The van der Waals surface area contributed by atoms with E-state index in [-0.39, 0.29) is 12.4 Å². The first-order valence-electron chi connectivity index (χ1n) is 12.7.